The van der Waals surface area contributed by atoms with Gasteiger partial charge in [-0.3, -0.25) is 19.7 Å². The number of benzene rings is 1. The molecule has 1 aromatic rings. The topological polar surface area (TPSA) is 75.3 Å². The highest BCUT2D eigenvalue weighted by Crippen LogP contribution is 2.64. The summed E-state index contributed by atoms with van der Waals surface area (Å²) in [7, 11) is 0. The number of fused-ring (bicyclic) bond motifs is 1. The molecule has 5 nitrogen and oxygen atoms in total. The van der Waals surface area contributed by atoms with Crippen LogP contribution in [0.1, 0.15) is 59.2 Å². The molecule has 1 aliphatic heterocycles. The first kappa shape index (κ1) is 15.4. The molecule has 1 heterocycles. The van der Waals surface area contributed by atoms with Gasteiger partial charge in [0.25, 0.3) is 11.8 Å². The van der Waals surface area contributed by atoms with E-state index in [9.17, 15) is 14.4 Å². The van der Waals surface area contributed by atoms with Gasteiger partial charge in [-0.2, -0.15) is 0 Å². The molecule has 0 spiro atoms. The second kappa shape index (κ2) is 4.85. The summed E-state index contributed by atoms with van der Waals surface area (Å²) in [6.45, 7) is 0. The fourth-order valence-corrected chi connectivity index (χ4v) is 6.69. The molecular weight excluding hydrogens is 340 g/mol. The van der Waals surface area contributed by atoms with E-state index >= 15 is 0 Å². The largest absolute Gasteiger partial charge is 0.325 e. The lowest BCUT2D eigenvalue weighted by molar-refractivity contribution is -0.138. The minimum Gasteiger partial charge on any atom is -0.325 e. The highest BCUT2D eigenvalue weighted by molar-refractivity contribution is 6.25. The standard InChI is InChI=1S/C19H19ClN2O3/c20-19-7-10-4-11(8-19)6-18(5-10,9-19)17(25)21-13-3-1-2-12-14(13)16(24)22-15(12)23/h1-3,10-11H,4-9H2,(H,21,25)(H,22,23,24)/t10-,11-,18?,19?/m1/s1. The van der Waals surface area contributed by atoms with Crippen LogP contribution in [0.15, 0.2) is 18.2 Å². The summed E-state index contributed by atoms with van der Waals surface area (Å²) in [4.78, 5) is 36.9. The lowest BCUT2D eigenvalue weighted by Crippen LogP contribution is -2.57. The van der Waals surface area contributed by atoms with Crippen LogP contribution in [0, 0.1) is 17.3 Å². The fourth-order valence-electron chi connectivity index (χ4n) is 5.99. The molecule has 2 N–H and O–H groups in total. The molecule has 3 amide bonds. The molecular formula is C19H19ClN2O3. The van der Waals surface area contributed by atoms with Crippen molar-refractivity contribution in [2.24, 2.45) is 17.3 Å². The van der Waals surface area contributed by atoms with Gasteiger partial charge in [-0.25, -0.2) is 0 Å². The van der Waals surface area contributed by atoms with Crippen molar-refractivity contribution in [2.75, 3.05) is 5.32 Å². The smallest absolute Gasteiger partial charge is 0.261 e. The Morgan fingerprint density at radius 2 is 1.84 bits per heavy atom. The van der Waals surface area contributed by atoms with Crippen LogP contribution in [-0.4, -0.2) is 22.6 Å². The third kappa shape index (κ3) is 2.18. The number of imide groups is 1. The molecule has 4 fully saturated rings. The number of anilines is 1. The summed E-state index contributed by atoms with van der Waals surface area (Å²) in [6, 6.07) is 4.98. The van der Waals surface area contributed by atoms with Crippen molar-refractivity contribution in [1.29, 1.82) is 0 Å². The summed E-state index contributed by atoms with van der Waals surface area (Å²) in [5, 5.41) is 5.24. The van der Waals surface area contributed by atoms with E-state index in [4.69, 9.17) is 11.6 Å². The SMILES string of the molecule is O=C1NC(=O)c2c(NC(=O)C34C[C@H]5C[C@@H](CC(Cl)(C5)C3)C4)cccc21. The van der Waals surface area contributed by atoms with Crippen molar-refractivity contribution in [3.63, 3.8) is 0 Å². The van der Waals surface area contributed by atoms with E-state index in [2.05, 4.69) is 10.6 Å². The van der Waals surface area contributed by atoms with E-state index < -0.39 is 17.2 Å². The zero-order chi connectivity index (χ0) is 17.4. The van der Waals surface area contributed by atoms with Crippen molar-refractivity contribution >= 4 is 35.0 Å². The van der Waals surface area contributed by atoms with Crippen molar-refractivity contribution < 1.29 is 14.4 Å². The average Bonchev–Trinajstić information content (AvgIpc) is 2.80. The van der Waals surface area contributed by atoms with Gasteiger partial charge in [0.2, 0.25) is 5.91 Å². The van der Waals surface area contributed by atoms with Gasteiger partial charge in [0.05, 0.1) is 22.2 Å². The number of hydrogen-bond donors (Lipinski definition) is 2. The van der Waals surface area contributed by atoms with Crippen molar-refractivity contribution in [2.45, 2.75) is 43.4 Å². The molecule has 0 saturated heterocycles. The van der Waals surface area contributed by atoms with Crippen LogP contribution in [0.25, 0.3) is 0 Å². The van der Waals surface area contributed by atoms with Gasteiger partial charge in [0.15, 0.2) is 0 Å². The Balaban J connectivity index is 1.48. The van der Waals surface area contributed by atoms with E-state index in [0.717, 1.165) is 25.7 Å². The number of carbonyl (C=O) groups excluding carboxylic acids is 3. The van der Waals surface area contributed by atoms with Crippen LogP contribution in [0.2, 0.25) is 0 Å². The molecule has 0 radical (unpaired) electrons. The van der Waals surface area contributed by atoms with Gasteiger partial charge in [0, 0.05) is 4.87 Å². The number of nitrogens with one attached hydrogen (secondary N) is 2. The van der Waals surface area contributed by atoms with Crippen LogP contribution in [0.5, 0.6) is 0 Å². The minimum atomic E-state index is -0.449. The van der Waals surface area contributed by atoms with Crippen LogP contribution >= 0.6 is 11.6 Å². The van der Waals surface area contributed by atoms with Gasteiger partial charge in [-0.1, -0.05) is 6.07 Å². The number of alkyl halides is 1. The van der Waals surface area contributed by atoms with E-state index in [-0.39, 0.29) is 16.3 Å². The molecule has 4 saturated carbocycles. The molecule has 2 atom stereocenters. The maximum Gasteiger partial charge on any atom is 0.261 e. The average molecular weight is 359 g/mol. The molecule has 6 heteroatoms. The molecule has 25 heavy (non-hydrogen) atoms. The second-order valence-corrected chi connectivity index (χ2v) is 9.16. The van der Waals surface area contributed by atoms with Crippen LogP contribution in [-0.2, 0) is 4.79 Å². The molecule has 130 valence electrons. The normalized spacial score (nSPS) is 37.8. The number of halogens is 1. The number of hydrogen-bond acceptors (Lipinski definition) is 3. The third-order valence-electron chi connectivity index (χ3n) is 6.48. The lowest BCUT2D eigenvalue weighted by atomic mass is 9.49. The summed E-state index contributed by atoms with van der Waals surface area (Å²) in [6.07, 6.45) is 5.67. The van der Waals surface area contributed by atoms with E-state index in [1.54, 1.807) is 18.2 Å². The number of amides is 3. The third-order valence-corrected chi connectivity index (χ3v) is 6.93. The van der Waals surface area contributed by atoms with Crippen LogP contribution in [0.4, 0.5) is 5.69 Å². The molecule has 6 rings (SSSR count). The van der Waals surface area contributed by atoms with Crippen LogP contribution in [0.3, 0.4) is 0 Å². The fraction of sp³-hybridized carbons (Fsp3) is 0.526. The highest BCUT2D eigenvalue weighted by Gasteiger charge is 2.60. The van der Waals surface area contributed by atoms with Gasteiger partial charge < -0.3 is 5.32 Å². The zero-order valence-electron chi connectivity index (χ0n) is 13.7. The predicted octanol–water partition coefficient (Wildman–Crippen LogP) is 3.09. The van der Waals surface area contributed by atoms with Gasteiger partial charge in [-0.15, -0.1) is 11.6 Å². The Labute approximate surface area is 150 Å². The summed E-state index contributed by atoms with van der Waals surface area (Å²) < 4.78 is 0. The summed E-state index contributed by atoms with van der Waals surface area (Å²) in [5.74, 6) is 0.139. The molecule has 0 aromatic heterocycles. The number of rotatable bonds is 2. The predicted molar refractivity (Wildman–Crippen MR) is 92.6 cm³/mol. The molecule has 5 aliphatic rings. The monoisotopic (exact) mass is 358 g/mol. The Kier molecular flexibility index (Phi) is 2.98. The first-order valence-corrected chi connectivity index (χ1v) is 9.24. The Hall–Kier alpha value is -1.88. The first-order valence-electron chi connectivity index (χ1n) is 8.87. The molecule has 4 aliphatic carbocycles. The van der Waals surface area contributed by atoms with Gasteiger partial charge >= 0.3 is 0 Å². The van der Waals surface area contributed by atoms with Crippen molar-refractivity contribution in [3.8, 4) is 0 Å². The minimum absolute atomic E-state index is 0.0489. The molecule has 1 aromatic carbocycles. The maximum absolute atomic E-state index is 13.2. The highest BCUT2D eigenvalue weighted by atomic mass is 35.5. The molecule has 0 unspecified atom stereocenters. The van der Waals surface area contributed by atoms with Gasteiger partial charge in [0.1, 0.15) is 0 Å². The second-order valence-electron chi connectivity index (χ2n) is 8.36. The van der Waals surface area contributed by atoms with E-state index in [1.807, 2.05) is 0 Å². The van der Waals surface area contributed by atoms with Crippen molar-refractivity contribution in [1.82, 2.24) is 5.32 Å². The number of carbonyl (C=O) groups is 3. The van der Waals surface area contributed by atoms with E-state index in [0.29, 0.717) is 29.5 Å². The molecule has 4 bridgehead atoms. The summed E-state index contributed by atoms with van der Waals surface area (Å²) >= 11 is 6.81. The Morgan fingerprint density at radius 3 is 2.52 bits per heavy atom. The zero-order valence-corrected chi connectivity index (χ0v) is 14.5. The lowest BCUT2D eigenvalue weighted by Gasteiger charge is -2.59. The Morgan fingerprint density at radius 1 is 1.12 bits per heavy atom. The first-order chi connectivity index (χ1) is 11.9. The van der Waals surface area contributed by atoms with Crippen LogP contribution < -0.4 is 10.6 Å². The van der Waals surface area contributed by atoms with Gasteiger partial charge in [-0.05, 0) is 62.5 Å². The summed E-state index contributed by atoms with van der Waals surface area (Å²) in [5.41, 5.74) is 0.576. The maximum atomic E-state index is 13.2. The van der Waals surface area contributed by atoms with E-state index in [1.165, 1.54) is 6.42 Å². The quantitative estimate of drug-likeness (QED) is 0.630. The Bertz CT molecular complexity index is 820. The van der Waals surface area contributed by atoms with Crippen molar-refractivity contribution in [3.05, 3.63) is 29.3 Å².